The van der Waals surface area contributed by atoms with E-state index in [1.165, 1.54) is 45.1 Å². The molecule has 0 bridgehead atoms. The molecule has 1 amide bonds. The Balaban J connectivity index is 1.38. The van der Waals surface area contributed by atoms with Gasteiger partial charge in [0.1, 0.15) is 0 Å². The smallest absolute Gasteiger partial charge is 0.224 e. The van der Waals surface area contributed by atoms with E-state index in [1.54, 1.807) is 12.4 Å². The third kappa shape index (κ3) is 4.29. The van der Waals surface area contributed by atoms with E-state index in [1.807, 2.05) is 12.1 Å². The second-order valence-electron chi connectivity index (χ2n) is 6.78. The fourth-order valence-corrected chi connectivity index (χ4v) is 3.82. The molecule has 1 saturated heterocycles. The number of nitrogens with zero attached hydrogens (tertiary/aromatic N) is 2. The molecule has 3 rings (SSSR count). The number of rotatable bonds is 5. The van der Waals surface area contributed by atoms with Crippen LogP contribution in [0.1, 0.15) is 44.1 Å². The number of nitrogens with one attached hydrogen (secondary N) is 1. The minimum absolute atomic E-state index is 0.115. The van der Waals surface area contributed by atoms with Crippen molar-refractivity contribution in [2.45, 2.75) is 51.0 Å². The van der Waals surface area contributed by atoms with Gasteiger partial charge in [0.25, 0.3) is 0 Å². The predicted molar refractivity (Wildman–Crippen MR) is 87.5 cm³/mol. The number of carbonyl (C=O) groups excluding carboxylic acids is 1. The van der Waals surface area contributed by atoms with Crippen molar-refractivity contribution in [2.75, 3.05) is 19.6 Å². The van der Waals surface area contributed by atoms with Crippen LogP contribution in [0.5, 0.6) is 0 Å². The molecule has 2 fully saturated rings. The lowest BCUT2D eigenvalue weighted by Crippen LogP contribution is -2.36. The topological polar surface area (TPSA) is 45.2 Å². The first-order chi connectivity index (χ1) is 10.8. The van der Waals surface area contributed by atoms with Crippen LogP contribution in [0.2, 0.25) is 0 Å². The quantitative estimate of drug-likeness (QED) is 0.908. The molecule has 120 valence electrons. The summed E-state index contributed by atoms with van der Waals surface area (Å²) in [4.78, 5) is 18.7. The minimum atomic E-state index is 0.115. The van der Waals surface area contributed by atoms with Gasteiger partial charge < -0.3 is 10.2 Å². The molecule has 1 saturated carbocycles. The number of likely N-dealkylation sites (tertiary alicyclic amines) is 1. The Kier molecular flexibility index (Phi) is 5.43. The fourth-order valence-electron chi connectivity index (χ4n) is 3.82. The summed E-state index contributed by atoms with van der Waals surface area (Å²) in [5, 5.41) is 3.10. The Morgan fingerprint density at radius 3 is 2.91 bits per heavy atom. The molecule has 22 heavy (non-hydrogen) atoms. The molecule has 4 nitrogen and oxygen atoms in total. The molecule has 0 spiro atoms. The second kappa shape index (κ2) is 7.73. The minimum Gasteiger partial charge on any atom is -0.355 e. The SMILES string of the molecule is O=C(Cc1cccnc1)NC[C@@H]1CCN(C2CCCCC2)C1. The monoisotopic (exact) mass is 301 g/mol. The Morgan fingerprint density at radius 2 is 2.14 bits per heavy atom. The summed E-state index contributed by atoms with van der Waals surface area (Å²) in [5.74, 6) is 0.740. The van der Waals surface area contributed by atoms with E-state index in [9.17, 15) is 4.79 Å². The lowest BCUT2D eigenvalue weighted by molar-refractivity contribution is -0.120. The van der Waals surface area contributed by atoms with Gasteiger partial charge in [-0.05, 0) is 43.4 Å². The summed E-state index contributed by atoms with van der Waals surface area (Å²) < 4.78 is 0. The van der Waals surface area contributed by atoms with Crippen molar-refractivity contribution in [1.82, 2.24) is 15.2 Å². The molecule has 0 radical (unpaired) electrons. The van der Waals surface area contributed by atoms with Crippen LogP contribution in [0, 0.1) is 5.92 Å². The van der Waals surface area contributed by atoms with E-state index in [0.29, 0.717) is 12.3 Å². The van der Waals surface area contributed by atoms with Crippen molar-refractivity contribution in [2.24, 2.45) is 5.92 Å². The van der Waals surface area contributed by atoms with Gasteiger partial charge in [-0.1, -0.05) is 25.3 Å². The van der Waals surface area contributed by atoms with Gasteiger partial charge in [-0.2, -0.15) is 0 Å². The van der Waals surface area contributed by atoms with Crippen molar-refractivity contribution < 1.29 is 4.79 Å². The highest BCUT2D eigenvalue weighted by molar-refractivity contribution is 5.78. The molecule has 4 heteroatoms. The second-order valence-corrected chi connectivity index (χ2v) is 6.78. The van der Waals surface area contributed by atoms with Crippen molar-refractivity contribution in [3.8, 4) is 0 Å². The first-order valence-corrected chi connectivity index (χ1v) is 8.71. The maximum atomic E-state index is 12.0. The largest absolute Gasteiger partial charge is 0.355 e. The lowest BCUT2D eigenvalue weighted by Gasteiger charge is -2.31. The highest BCUT2D eigenvalue weighted by Gasteiger charge is 2.29. The normalized spacial score (nSPS) is 23.5. The molecule has 2 aliphatic rings. The fraction of sp³-hybridized carbons (Fsp3) is 0.667. The van der Waals surface area contributed by atoms with Crippen LogP contribution in [0.3, 0.4) is 0 Å². The molecular formula is C18H27N3O. The number of carbonyl (C=O) groups is 1. The zero-order valence-electron chi connectivity index (χ0n) is 13.3. The number of amides is 1. The molecule has 2 heterocycles. The maximum absolute atomic E-state index is 12.0. The first-order valence-electron chi connectivity index (χ1n) is 8.71. The van der Waals surface area contributed by atoms with E-state index < -0.39 is 0 Å². The number of pyridine rings is 1. The summed E-state index contributed by atoms with van der Waals surface area (Å²) >= 11 is 0. The standard InChI is InChI=1S/C18H27N3O/c22-18(11-15-5-4-9-19-12-15)20-13-16-8-10-21(14-16)17-6-2-1-3-7-17/h4-5,9,12,16-17H,1-3,6-8,10-11,13-14H2,(H,20,22)/t16-/m0/s1. The van der Waals surface area contributed by atoms with Crippen LogP contribution in [0.4, 0.5) is 0 Å². The summed E-state index contributed by atoms with van der Waals surface area (Å²) in [6, 6.07) is 4.64. The maximum Gasteiger partial charge on any atom is 0.224 e. The molecule has 1 aromatic rings. The summed E-state index contributed by atoms with van der Waals surface area (Å²) in [5.41, 5.74) is 0.982. The van der Waals surface area contributed by atoms with Crippen molar-refractivity contribution in [3.05, 3.63) is 30.1 Å². The lowest BCUT2D eigenvalue weighted by atomic mass is 9.94. The van der Waals surface area contributed by atoms with Gasteiger partial charge in [0.2, 0.25) is 5.91 Å². The molecule has 1 N–H and O–H groups in total. The van der Waals surface area contributed by atoms with E-state index in [2.05, 4.69) is 15.2 Å². The summed E-state index contributed by atoms with van der Waals surface area (Å²) in [6.07, 6.45) is 12.1. The average molecular weight is 301 g/mol. The van der Waals surface area contributed by atoms with Gasteiger partial charge in [-0.3, -0.25) is 9.78 Å². The molecule has 1 aromatic heterocycles. The van der Waals surface area contributed by atoms with Gasteiger partial charge >= 0.3 is 0 Å². The van der Waals surface area contributed by atoms with E-state index in [0.717, 1.165) is 24.7 Å². The Morgan fingerprint density at radius 1 is 1.27 bits per heavy atom. The molecular weight excluding hydrogens is 274 g/mol. The van der Waals surface area contributed by atoms with Crippen molar-refractivity contribution in [1.29, 1.82) is 0 Å². The van der Waals surface area contributed by atoms with Gasteiger partial charge in [0, 0.05) is 31.5 Å². The highest BCUT2D eigenvalue weighted by Crippen LogP contribution is 2.27. The number of hydrogen-bond acceptors (Lipinski definition) is 3. The number of aromatic nitrogens is 1. The van der Waals surface area contributed by atoms with Gasteiger partial charge in [0.05, 0.1) is 6.42 Å². The van der Waals surface area contributed by atoms with Gasteiger partial charge in [0.15, 0.2) is 0 Å². The zero-order valence-corrected chi connectivity index (χ0v) is 13.3. The van der Waals surface area contributed by atoms with E-state index in [-0.39, 0.29) is 5.91 Å². The van der Waals surface area contributed by atoms with Crippen LogP contribution in [0.25, 0.3) is 0 Å². The van der Waals surface area contributed by atoms with Crippen LogP contribution in [-0.2, 0) is 11.2 Å². The van der Waals surface area contributed by atoms with Crippen LogP contribution in [-0.4, -0.2) is 41.5 Å². The van der Waals surface area contributed by atoms with Crippen LogP contribution >= 0.6 is 0 Å². The molecule has 0 unspecified atom stereocenters. The third-order valence-electron chi connectivity index (χ3n) is 5.08. The third-order valence-corrected chi connectivity index (χ3v) is 5.08. The van der Waals surface area contributed by atoms with Gasteiger partial charge in [-0.15, -0.1) is 0 Å². The molecule has 0 aromatic carbocycles. The Bertz CT molecular complexity index is 470. The van der Waals surface area contributed by atoms with Gasteiger partial charge in [-0.25, -0.2) is 0 Å². The van der Waals surface area contributed by atoms with E-state index >= 15 is 0 Å². The first kappa shape index (κ1) is 15.5. The van der Waals surface area contributed by atoms with Crippen molar-refractivity contribution >= 4 is 5.91 Å². The van der Waals surface area contributed by atoms with Crippen molar-refractivity contribution in [3.63, 3.8) is 0 Å². The van der Waals surface area contributed by atoms with Crippen LogP contribution < -0.4 is 5.32 Å². The highest BCUT2D eigenvalue weighted by atomic mass is 16.1. The molecule has 1 aliphatic heterocycles. The molecule has 1 aliphatic carbocycles. The summed E-state index contributed by atoms with van der Waals surface area (Å²) in [6.45, 7) is 3.20. The average Bonchev–Trinajstić information content (AvgIpc) is 3.04. The van der Waals surface area contributed by atoms with Crippen LogP contribution in [0.15, 0.2) is 24.5 Å². The predicted octanol–water partition coefficient (Wildman–Crippen LogP) is 2.39. The summed E-state index contributed by atoms with van der Waals surface area (Å²) in [7, 11) is 0. The van der Waals surface area contributed by atoms with E-state index in [4.69, 9.17) is 0 Å². The Labute approximate surface area is 133 Å². The zero-order chi connectivity index (χ0) is 15.2. The molecule has 1 atom stereocenters. The number of hydrogen-bond donors (Lipinski definition) is 1. The Hall–Kier alpha value is -1.42.